The fraction of sp³-hybridized carbons (Fsp3) is 0.333. The quantitative estimate of drug-likeness (QED) is 0.146. The van der Waals surface area contributed by atoms with Crippen molar-refractivity contribution in [2.45, 2.75) is 25.8 Å². The van der Waals surface area contributed by atoms with Gasteiger partial charge in [-0.05, 0) is 48.4 Å². The summed E-state index contributed by atoms with van der Waals surface area (Å²) in [6.07, 6.45) is 1.91. The lowest BCUT2D eigenvalue weighted by atomic mass is 9.95. The van der Waals surface area contributed by atoms with Crippen LogP contribution in [0.3, 0.4) is 0 Å². The van der Waals surface area contributed by atoms with Gasteiger partial charge in [-0.25, -0.2) is 0 Å². The monoisotopic (exact) mass is 556 g/mol. The topological polar surface area (TPSA) is 88.5 Å². The predicted octanol–water partition coefficient (Wildman–Crippen LogP) is 5.41. The number of benzene rings is 3. The first kappa shape index (κ1) is 28.4. The predicted molar refractivity (Wildman–Crippen MR) is 156 cm³/mol. The van der Waals surface area contributed by atoms with Gasteiger partial charge >= 0.3 is 0 Å². The number of likely N-dealkylation sites (tertiary alicyclic amines) is 1. The molecule has 0 aromatic heterocycles. The molecule has 0 aliphatic carbocycles. The Kier molecular flexibility index (Phi) is 9.33. The number of para-hydroxylation sites is 1. The first-order valence-corrected chi connectivity index (χ1v) is 14.2. The lowest BCUT2D eigenvalue weighted by Gasteiger charge is -2.31. The van der Waals surface area contributed by atoms with Gasteiger partial charge in [0.25, 0.3) is 11.7 Å². The van der Waals surface area contributed by atoms with E-state index in [1.54, 1.807) is 23.1 Å². The fourth-order valence-corrected chi connectivity index (χ4v) is 5.13. The van der Waals surface area contributed by atoms with E-state index in [4.69, 9.17) is 14.2 Å². The van der Waals surface area contributed by atoms with E-state index in [2.05, 4.69) is 11.8 Å². The van der Waals surface area contributed by atoms with E-state index >= 15 is 0 Å². The third-order valence-corrected chi connectivity index (χ3v) is 7.33. The van der Waals surface area contributed by atoms with Gasteiger partial charge in [0, 0.05) is 31.7 Å². The van der Waals surface area contributed by atoms with Crippen molar-refractivity contribution >= 4 is 17.4 Å². The summed E-state index contributed by atoms with van der Waals surface area (Å²) < 4.78 is 17.3. The Balaban J connectivity index is 1.51. The van der Waals surface area contributed by atoms with Gasteiger partial charge in [0.1, 0.15) is 23.0 Å². The van der Waals surface area contributed by atoms with Gasteiger partial charge in [0.2, 0.25) is 0 Å². The molecule has 1 amide bonds. The molecule has 2 heterocycles. The molecule has 41 heavy (non-hydrogen) atoms. The lowest BCUT2D eigenvalue weighted by molar-refractivity contribution is -0.140. The zero-order chi connectivity index (χ0) is 28.6. The van der Waals surface area contributed by atoms with Crippen molar-refractivity contribution in [2.24, 2.45) is 0 Å². The SMILES string of the molecule is CCCCOc1cccc(C(O)=C2C(=O)C(=O)N(CCN3CCOCC3)C2c2cccc(Oc3ccccc3)c2)c1. The van der Waals surface area contributed by atoms with Gasteiger partial charge < -0.3 is 24.2 Å². The normalized spacial score (nSPS) is 19.0. The molecule has 5 rings (SSSR count). The van der Waals surface area contributed by atoms with Crippen LogP contribution in [0, 0.1) is 0 Å². The van der Waals surface area contributed by atoms with Crippen molar-refractivity contribution in [3.8, 4) is 17.2 Å². The van der Waals surface area contributed by atoms with Crippen LogP contribution in [0.4, 0.5) is 0 Å². The van der Waals surface area contributed by atoms with Crippen LogP contribution in [-0.4, -0.2) is 72.6 Å². The van der Waals surface area contributed by atoms with Crippen molar-refractivity contribution < 1.29 is 28.9 Å². The van der Waals surface area contributed by atoms with E-state index in [9.17, 15) is 14.7 Å². The third kappa shape index (κ3) is 6.78. The highest BCUT2D eigenvalue weighted by molar-refractivity contribution is 6.46. The van der Waals surface area contributed by atoms with Crippen molar-refractivity contribution in [3.63, 3.8) is 0 Å². The maximum Gasteiger partial charge on any atom is 0.295 e. The minimum atomic E-state index is -0.778. The molecule has 0 saturated carbocycles. The number of nitrogens with zero attached hydrogens (tertiary/aromatic N) is 2. The standard InChI is InChI=1S/C33H36N2O6/c1-2-3-19-40-27-13-8-10-25(23-27)31(36)29-30(24-9-7-14-28(22-24)41-26-11-5-4-6-12-26)35(33(38)32(29)37)16-15-34-17-20-39-21-18-34/h4-14,22-23,30,36H,2-3,15-21H2,1H3. The Labute approximate surface area is 240 Å². The van der Waals surface area contributed by atoms with Crippen molar-refractivity contribution in [2.75, 3.05) is 46.0 Å². The molecular formula is C33H36N2O6. The molecule has 3 aromatic carbocycles. The number of hydrogen-bond acceptors (Lipinski definition) is 7. The Morgan fingerprint density at radius 1 is 0.902 bits per heavy atom. The Morgan fingerprint density at radius 2 is 1.63 bits per heavy atom. The number of aliphatic hydroxyl groups is 1. The van der Waals surface area contributed by atoms with E-state index in [-0.39, 0.29) is 11.3 Å². The van der Waals surface area contributed by atoms with Gasteiger partial charge in [0.15, 0.2) is 0 Å². The molecule has 3 aromatic rings. The maximum absolute atomic E-state index is 13.5. The molecule has 214 valence electrons. The second kappa shape index (κ2) is 13.5. The largest absolute Gasteiger partial charge is 0.507 e. The Bertz CT molecular complexity index is 1380. The summed E-state index contributed by atoms with van der Waals surface area (Å²) in [5.41, 5.74) is 1.16. The molecule has 1 unspecified atom stereocenters. The van der Waals surface area contributed by atoms with E-state index in [0.29, 0.717) is 61.3 Å². The average molecular weight is 557 g/mol. The van der Waals surface area contributed by atoms with Crippen LogP contribution in [0.1, 0.15) is 36.9 Å². The first-order valence-electron chi connectivity index (χ1n) is 14.2. The first-order chi connectivity index (χ1) is 20.0. The summed E-state index contributed by atoms with van der Waals surface area (Å²) >= 11 is 0. The van der Waals surface area contributed by atoms with Crippen LogP contribution >= 0.6 is 0 Å². The molecule has 0 radical (unpaired) electrons. The zero-order valence-electron chi connectivity index (χ0n) is 23.3. The minimum absolute atomic E-state index is 0.0551. The van der Waals surface area contributed by atoms with Crippen LogP contribution in [0.25, 0.3) is 5.76 Å². The molecular weight excluding hydrogens is 520 g/mol. The van der Waals surface area contributed by atoms with Gasteiger partial charge in [-0.1, -0.05) is 55.8 Å². The lowest BCUT2D eigenvalue weighted by Crippen LogP contribution is -2.42. The van der Waals surface area contributed by atoms with Crippen LogP contribution in [0.5, 0.6) is 17.2 Å². The van der Waals surface area contributed by atoms with E-state index in [1.165, 1.54) is 0 Å². The molecule has 8 nitrogen and oxygen atoms in total. The summed E-state index contributed by atoms with van der Waals surface area (Å²) in [4.78, 5) is 30.8. The number of ketones is 1. The van der Waals surface area contributed by atoms with Gasteiger partial charge in [-0.2, -0.15) is 0 Å². The van der Waals surface area contributed by atoms with Crippen LogP contribution < -0.4 is 9.47 Å². The van der Waals surface area contributed by atoms with Gasteiger partial charge in [0.05, 0.1) is 31.4 Å². The molecule has 8 heteroatoms. The number of hydrogen-bond donors (Lipinski definition) is 1. The number of carbonyl (C=O) groups excluding carboxylic acids is 2. The number of amides is 1. The molecule has 1 atom stereocenters. The molecule has 2 fully saturated rings. The zero-order valence-corrected chi connectivity index (χ0v) is 23.3. The van der Waals surface area contributed by atoms with Crippen LogP contribution in [0.2, 0.25) is 0 Å². The fourth-order valence-electron chi connectivity index (χ4n) is 5.13. The number of unbranched alkanes of at least 4 members (excludes halogenated alkanes) is 1. The van der Waals surface area contributed by atoms with Gasteiger partial charge in [-0.15, -0.1) is 0 Å². The number of Topliss-reactive ketones (excluding diaryl/α,β-unsaturated/α-hetero) is 1. The molecule has 0 bridgehead atoms. The van der Waals surface area contributed by atoms with Crippen LogP contribution in [0.15, 0.2) is 84.4 Å². The van der Waals surface area contributed by atoms with Crippen LogP contribution in [-0.2, 0) is 14.3 Å². The number of morpholine rings is 1. The van der Waals surface area contributed by atoms with Crippen molar-refractivity contribution in [1.82, 2.24) is 9.80 Å². The highest BCUT2D eigenvalue weighted by Gasteiger charge is 2.46. The second-order valence-corrected chi connectivity index (χ2v) is 10.2. The molecule has 2 aliphatic heterocycles. The summed E-state index contributed by atoms with van der Waals surface area (Å²) in [6.45, 7) is 6.36. The van der Waals surface area contributed by atoms with E-state index in [0.717, 1.165) is 25.9 Å². The summed E-state index contributed by atoms with van der Waals surface area (Å²) in [5, 5.41) is 11.5. The summed E-state index contributed by atoms with van der Waals surface area (Å²) in [6, 6.07) is 23.0. The second-order valence-electron chi connectivity index (χ2n) is 10.2. The summed E-state index contributed by atoms with van der Waals surface area (Å²) in [5.74, 6) is 0.275. The Hall–Kier alpha value is -4.14. The van der Waals surface area contributed by atoms with Crippen molar-refractivity contribution in [1.29, 1.82) is 0 Å². The maximum atomic E-state index is 13.5. The minimum Gasteiger partial charge on any atom is -0.507 e. The molecule has 2 saturated heterocycles. The number of carbonyl (C=O) groups is 2. The highest BCUT2D eigenvalue weighted by Crippen LogP contribution is 2.41. The number of aliphatic hydroxyl groups excluding tert-OH is 1. The third-order valence-electron chi connectivity index (χ3n) is 7.33. The number of rotatable bonds is 11. The molecule has 2 aliphatic rings. The molecule has 1 N–H and O–H groups in total. The van der Waals surface area contributed by atoms with E-state index in [1.807, 2.05) is 60.7 Å². The molecule has 0 spiro atoms. The van der Waals surface area contributed by atoms with Gasteiger partial charge in [-0.3, -0.25) is 14.5 Å². The van der Waals surface area contributed by atoms with Crippen molar-refractivity contribution in [3.05, 3.63) is 95.6 Å². The number of ether oxygens (including phenoxy) is 3. The Morgan fingerprint density at radius 3 is 2.41 bits per heavy atom. The smallest absolute Gasteiger partial charge is 0.295 e. The summed E-state index contributed by atoms with van der Waals surface area (Å²) in [7, 11) is 0. The average Bonchev–Trinajstić information content (AvgIpc) is 3.26. The highest BCUT2D eigenvalue weighted by atomic mass is 16.5. The van der Waals surface area contributed by atoms with E-state index < -0.39 is 17.7 Å².